The zero-order valence-electron chi connectivity index (χ0n) is 9.23. The van der Waals surface area contributed by atoms with Gasteiger partial charge in [0.25, 0.3) is 0 Å². The van der Waals surface area contributed by atoms with Crippen LogP contribution in [-0.2, 0) is 4.74 Å². The van der Waals surface area contributed by atoms with Gasteiger partial charge in [-0.15, -0.1) is 6.58 Å². The summed E-state index contributed by atoms with van der Waals surface area (Å²) < 4.78 is 5.72. The molecule has 1 heterocycles. The monoisotopic (exact) mass is 203 g/mol. The molecule has 80 valence electrons. The third-order valence-corrected chi connectivity index (χ3v) is 2.29. The first-order chi connectivity index (χ1) is 7.26. The van der Waals surface area contributed by atoms with Crippen molar-refractivity contribution in [3.05, 3.63) is 49.6 Å². The van der Waals surface area contributed by atoms with Gasteiger partial charge in [-0.2, -0.15) is 0 Å². The first kappa shape index (κ1) is 12.0. The summed E-state index contributed by atoms with van der Waals surface area (Å²) in [5.74, 6) is 0.371. The average Bonchev–Trinajstić information content (AvgIpc) is 2.22. The summed E-state index contributed by atoms with van der Waals surface area (Å²) in [4.78, 5) is 0. The molecule has 1 rings (SSSR count). The van der Waals surface area contributed by atoms with Crippen LogP contribution in [0.4, 0.5) is 0 Å². The lowest BCUT2D eigenvalue weighted by Crippen LogP contribution is -2.38. The van der Waals surface area contributed by atoms with Crippen molar-refractivity contribution in [1.82, 2.24) is 5.32 Å². The predicted octanol–water partition coefficient (Wildman–Crippen LogP) is 0.992. The number of hydrogen-bond donors (Lipinski definition) is 1. The number of rotatable bonds is 3. The van der Waals surface area contributed by atoms with E-state index in [1.807, 2.05) is 26.1 Å². The zero-order chi connectivity index (χ0) is 11.1. The molecule has 0 aliphatic carbocycles. The molecule has 0 saturated heterocycles. The van der Waals surface area contributed by atoms with Crippen LogP contribution < -0.4 is 5.32 Å². The van der Waals surface area contributed by atoms with Crippen molar-refractivity contribution in [2.45, 2.75) is 12.2 Å². The van der Waals surface area contributed by atoms with E-state index in [1.54, 1.807) is 6.08 Å². The van der Waals surface area contributed by atoms with E-state index in [-0.39, 0.29) is 12.2 Å². The minimum atomic E-state index is 0.00764. The highest BCUT2D eigenvalue weighted by atomic mass is 16.5. The van der Waals surface area contributed by atoms with E-state index < -0.39 is 0 Å². The Labute approximate surface area is 92.8 Å². The second kappa shape index (κ2) is 6.43. The fraction of sp³-hybridized carbons (Fsp3) is 0.333. The summed E-state index contributed by atoms with van der Waals surface area (Å²) in [7, 11) is 2.01. The van der Waals surface area contributed by atoms with Gasteiger partial charge in [-0.25, -0.2) is 0 Å². The van der Waals surface area contributed by atoms with Gasteiger partial charge in [0.15, 0.2) is 7.85 Å². The fourth-order valence-electron chi connectivity index (χ4n) is 1.41. The molecule has 15 heavy (non-hydrogen) atoms. The minimum Gasteiger partial charge on any atom is -0.361 e. The van der Waals surface area contributed by atoms with Crippen molar-refractivity contribution in [3.8, 4) is 0 Å². The third kappa shape index (κ3) is 4.32. The van der Waals surface area contributed by atoms with Gasteiger partial charge in [0.1, 0.15) is 0 Å². The molecule has 3 atom stereocenters. The van der Waals surface area contributed by atoms with Crippen molar-refractivity contribution < 1.29 is 4.74 Å². The Morgan fingerprint density at radius 1 is 1.40 bits per heavy atom. The van der Waals surface area contributed by atoms with Gasteiger partial charge in [0.2, 0.25) is 0 Å². The Kier molecular flexibility index (Phi) is 5.15. The normalized spacial score (nSPS) is 32.1. The SMILES string of the molecule is B[C@@H]1NCC(C=C)C=CC(/C=C\C=C)O1. The summed E-state index contributed by atoms with van der Waals surface area (Å²) in [5, 5.41) is 3.29. The second-order valence-electron chi connectivity index (χ2n) is 3.56. The van der Waals surface area contributed by atoms with Gasteiger partial charge in [0, 0.05) is 12.5 Å². The van der Waals surface area contributed by atoms with Crippen LogP contribution in [0.1, 0.15) is 0 Å². The van der Waals surface area contributed by atoms with Crippen LogP contribution in [0.3, 0.4) is 0 Å². The van der Waals surface area contributed by atoms with Crippen LogP contribution in [0, 0.1) is 5.92 Å². The quantitative estimate of drug-likeness (QED) is 0.419. The number of hydrogen-bond acceptors (Lipinski definition) is 2. The largest absolute Gasteiger partial charge is 0.361 e. The standard InChI is InChI=1S/C12H18BNO/c1-3-5-6-11-8-7-10(4-2)9-14-12(13)15-11/h3-8,10-12,14H,1-2,9,13H2/b6-5-,8-7?/t10?,11?,12-/m1/s1. The smallest absolute Gasteiger partial charge is 0.158 e. The maximum absolute atomic E-state index is 5.72. The first-order valence-corrected chi connectivity index (χ1v) is 5.25. The lowest BCUT2D eigenvalue weighted by atomic mass is 10.0. The molecule has 1 N–H and O–H groups in total. The molecule has 0 saturated carbocycles. The zero-order valence-corrected chi connectivity index (χ0v) is 9.23. The summed E-state index contributed by atoms with van der Waals surface area (Å²) in [6, 6.07) is 0. The molecular weight excluding hydrogens is 185 g/mol. The molecule has 1 aliphatic rings. The summed E-state index contributed by atoms with van der Waals surface area (Å²) in [6.07, 6.45) is 11.8. The van der Waals surface area contributed by atoms with E-state index >= 15 is 0 Å². The Bertz CT molecular complexity index is 273. The maximum atomic E-state index is 5.72. The molecular formula is C12H18BNO. The molecule has 0 bridgehead atoms. The van der Waals surface area contributed by atoms with Gasteiger partial charge >= 0.3 is 0 Å². The molecule has 1 aliphatic heterocycles. The van der Waals surface area contributed by atoms with Crippen molar-refractivity contribution in [1.29, 1.82) is 0 Å². The second-order valence-corrected chi connectivity index (χ2v) is 3.56. The number of nitrogens with one attached hydrogen (secondary N) is 1. The lowest BCUT2D eigenvalue weighted by Gasteiger charge is -2.23. The molecule has 0 aromatic heterocycles. The molecule has 2 nitrogen and oxygen atoms in total. The van der Waals surface area contributed by atoms with Crippen LogP contribution >= 0.6 is 0 Å². The van der Waals surface area contributed by atoms with Crippen LogP contribution in [0.15, 0.2) is 49.6 Å². The topological polar surface area (TPSA) is 21.3 Å². The van der Waals surface area contributed by atoms with Crippen molar-refractivity contribution in [2.24, 2.45) is 5.92 Å². The van der Waals surface area contributed by atoms with Crippen LogP contribution in [0.2, 0.25) is 0 Å². The Morgan fingerprint density at radius 2 is 2.20 bits per heavy atom. The summed E-state index contributed by atoms with van der Waals surface area (Å²) in [5.41, 5.74) is 0. The van der Waals surface area contributed by atoms with Crippen LogP contribution in [-0.4, -0.2) is 26.6 Å². The Balaban J connectivity index is 2.68. The van der Waals surface area contributed by atoms with Crippen molar-refractivity contribution in [3.63, 3.8) is 0 Å². The first-order valence-electron chi connectivity index (χ1n) is 5.25. The van der Waals surface area contributed by atoms with E-state index in [2.05, 4.69) is 30.6 Å². The fourth-order valence-corrected chi connectivity index (χ4v) is 1.41. The minimum absolute atomic E-state index is 0.00764. The number of allylic oxidation sites excluding steroid dienone is 2. The average molecular weight is 203 g/mol. The molecule has 0 aromatic carbocycles. The lowest BCUT2D eigenvalue weighted by molar-refractivity contribution is 0.0637. The summed E-state index contributed by atoms with van der Waals surface area (Å²) >= 11 is 0. The molecule has 0 amide bonds. The van der Waals surface area contributed by atoms with Gasteiger partial charge in [-0.3, -0.25) is 5.32 Å². The highest BCUT2D eigenvalue weighted by Crippen LogP contribution is 2.08. The predicted molar refractivity (Wildman–Crippen MR) is 67.4 cm³/mol. The van der Waals surface area contributed by atoms with E-state index in [4.69, 9.17) is 4.74 Å². The molecule has 0 radical (unpaired) electrons. The molecule has 0 spiro atoms. The molecule has 2 unspecified atom stereocenters. The third-order valence-electron chi connectivity index (χ3n) is 2.29. The van der Waals surface area contributed by atoms with E-state index in [1.165, 1.54) is 0 Å². The van der Waals surface area contributed by atoms with Crippen LogP contribution in [0.25, 0.3) is 0 Å². The molecule has 3 heteroatoms. The van der Waals surface area contributed by atoms with Crippen LogP contribution in [0.5, 0.6) is 0 Å². The number of ether oxygens (including phenoxy) is 1. The highest BCUT2D eigenvalue weighted by molar-refractivity contribution is 6.10. The van der Waals surface area contributed by atoms with Gasteiger partial charge in [-0.05, 0) is 0 Å². The van der Waals surface area contributed by atoms with Gasteiger partial charge < -0.3 is 4.74 Å². The molecule has 0 aromatic rings. The maximum Gasteiger partial charge on any atom is 0.158 e. The van der Waals surface area contributed by atoms with E-state index in [0.717, 1.165) is 6.54 Å². The Hall–Kier alpha value is -1.06. The van der Waals surface area contributed by atoms with E-state index in [0.29, 0.717) is 5.92 Å². The van der Waals surface area contributed by atoms with Crippen molar-refractivity contribution in [2.75, 3.05) is 6.54 Å². The van der Waals surface area contributed by atoms with Crippen molar-refractivity contribution >= 4 is 7.85 Å². The molecule has 0 fully saturated rings. The van der Waals surface area contributed by atoms with E-state index in [9.17, 15) is 0 Å². The van der Waals surface area contributed by atoms with Gasteiger partial charge in [0.05, 0.1) is 12.2 Å². The van der Waals surface area contributed by atoms with Gasteiger partial charge in [-0.1, -0.05) is 43.0 Å². The summed E-state index contributed by atoms with van der Waals surface area (Å²) in [6.45, 7) is 8.32. The Morgan fingerprint density at radius 3 is 2.87 bits per heavy atom. The highest BCUT2D eigenvalue weighted by Gasteiger charge is 2.12.